The van der Waals surface area contributed by atoms with Crippen molar-refractivity contribution in [2.24, 2.45) is 0 Å². The lowest BCUT2D eigenvalue weighted by Gasteiger charge is -2.09. The molecule has 0 fully saturated rings. The first kappa shape index (κ1) is 17.4. The van der Waals surface area contributed by atoms with Crippen LogP contribution in [0.2, 0.25) is 0 Å². The van der Waals surface area contributed by atoms with Crippen molar-refractivity contribution in [3.63, 3.8) is 0 Å². The summed E-state index contributed by atoms with van der Waals surface area (Å²) >= 11 is 0. The standard InChI is InChI=1S/C34H23N3O/c1-4-11-23(12-5-1)26-19-20-29-28(21-26)32-27(17-10-18-30(32)38-29)22-31-35-33(24-13-6-2-7-14-24)37-34(36-31)25-15-8-3-9-16-25/h1-21H,22H2/i2D,6D,7D,13D,14D. The molecular formula is C34H23N3O. The van der Waals surface area contributed by atoms with E-state index < -0.39 is 18.1 Å². The average molecular weight is 495 g/mol. The van der Waals surface area contributed by atoms with E-state index in [4.69, 9.17) is 16.3 Å². The van der Waals surface area contributed by atoms with E-state index in [1.807, 2.05) is 78.9 Å². The van der Waals surface area contributed by atoms with Gasteiger partial charge in [-0.25, -0.2) is 15.0 Å². The first-order valence-electron chi connectivity index (χ1n) is 14.8. The van der Waals surface area contributed by atoms with Gasteiger partial charge in [0.1, 0.15) is 17.0 Å². The first-order chi connectivity index (χ1) is 20.9. The fourth-order valence-electron chi connectivity index (χ4n) is 4.72. The van der Waals surface area contributed by atoms with Crippen molar-refractivity contribution < 1.29 is 11.3 Å². The second-order valence-electron chi connectivity index (χ2n) is 8.91. The zero-order valence-electron chi connectivity index (χ0n) is 25.2. The summed E-state index contributed by atoms with van der Waals surface area (Å²) in [7, 11) is 0. The molecule has 0 saturated heterocycles. The highest BCUT2D eigenvalue weighted by Gasteiger charge is 2.16. The average Bonchev–Trinajstić information content (AvgIpc) is 3.42. The lowest BCUT2D eigenvalue weighted by atomic mass is 9.99. The van der Waals surface area contributed by atoms with Gasteiger partial charge in [0.15, 0.2) is 11.6 Å². The Kier molecular flexibility index (Phi) is 4.31. The van der Waals surface area contributed by atoms with Crippen LogP contribution in [0.4, 0.5) is 0 Å². The predicted molar refractivity (Wildman–Crippen MR) is 153 cm³/mol. The van der Waals surface area contributed by atoms with E-state index in [0.29, 0.717) is 18.1 Å². The molecule has 2 aromatic heterocycles. The summed E-state index contributed by atoms with van der Waals surface area (Å²) in [4.78, 5) is 14.0. The Morgan fingerprint density at radius 3 is 2.05 bits per heavy atom. The Balaban J connectivity index is 1.41. The molecule has 4 heteroatoms. The van der Waals surface area contributed by atoms with E-state index in [1.165, 1.54) is 0 Å². The van der Waals surface area contributed by atoms with Gasteiger partial charge in [-0.3, -0.25) is 0 Å². The van der Waals surface area contributed by atoms with Gasteiger partial charge in [-0.05, 0) is 34.9 Å². The Morgan fingerprint density at radius 1 is 0.579 bits per heavy atom. The van der Waals surface area contributed by atoms with Gasteiger partial charge < -0.3 is 4.42 Å². The van der Waals surface area contributed by atoms with E-state index in [2.05, 4.69) is 28.2 Å². The minimum atomic E-state index is -0.468. The summed E-state index contributed by atoms with van der Waals surface area (Å²) < 4.78 is 47.6. The van der Waals surface area contributed by atoms with Crippen LogP contribution in [-0.2, 0) is 6.42 Å². The Morgan fingerprint density at radius 2 is 1.29 bits per heavy atom. The molecule has 0 aliphatic heterocycles. The maximum absolute atomic E-state index is 8.52. The summed E-state index contributed by atoms with van der Waals surface area (Å²) in [6.07, 6.45) is 0.301. The zero-order chi connectivity index (χ0) is 29.7. The van der Waals surface area contributed by atoms with E-state index in [9.17, 15) is 0 Å². The summed E-state index contributed by atoms with van der Waals surface area (Å²) in [6.45, 7) is 0. The molecule has 5 aromatic carbocycles. The van der Waals surface area contributed by atoms with Crippen LogP contribution >= 0.6 is 0 Å². The molecule has 4 nitrogen and oxygen atoms in total. The van der Waals surface area contributed by atoms with Gasteiger partial charge in [0.05, 0.1) is 6.85 Å². The number of benzene rings is 5. The second-order valence-corrected chi connectivity index (χ2v) is 8.91. The third kappa shape index (κ3) is 4.12. The zero-order valence-corrected chi connectivity index (χ0v) is 20.2. The fraction of sp³-hybridized carbons (Fsp3) is 0.0294. The molecule has 0 unspecified atom stereocenters. The van der Waals surface area contributed by atoms with Gasteiger partial charge in [0.25, 0.3) is 0 Å². The summed E-state index contributed by atoms with van der Waals surface area (Å²) in [5, 5.41) is 1.91. The van der Waals surface area contributed by atoms with Crippen LogP contribution in [0, 0.1) is 0 Å². The molecule has 7 aromatic rings. The summed E-state index contributed by atoms with van der Waals surface area (Å²) in [5.41, 5.74) is 5.26. The topological polar surface area (TPSA) is 51.8 Å². The van der Waals surface area contributed by atoms with Crippen LogP contribution in [-0.4, -0.2) is 15.0 Å². The van der Waals surface area contributed by atoms with Gasteiger partial charge in [-0.2, -0.15) is 0 Å². The van der Waals surface area contributed by atoms with Crippen LogP contribution in [0.1, 0.15) is 18.2 Å². The van der Waals surface area contributed by atoms with Crippen LogP contribution in [0.3, 0.4) is 0 Å². The number of nitrogens with zero attached hydrogens (tertiary/aromatic N) is 3. The van der Waals surface area contributed by atoms with Crippen LogP contribution in [0.15, 0.2) is 132 Å². The molecule has 38 heavy (non-hydrogen) atoms. The highest BCUT2D eigenvalue weighted by atomic mass is 16.3. The van der Waals surface area contributed by atoms with Crippen molar-refractivity contribution >= 4 is 21.9 Å². The molecule has 0 N–H and O–H groups in total. The van der Waals surface area contributed by atoms with Crippen LogP contribution < -0.4 is 0 Å². The van der Waals surface area contributed by atoms with E-state index in [0.717, 1.165) is 44.2 Å². The van der Waals surface area contributed by atoms with Crippen LogP contribution in [0.5, 0.6) is 0 Å². The van der Waals surface area contributed by atoms with Crippen molar-refractivity contribution in [3.05, 3.63) is 139 Å². The third-order valence-corrected chi connectivity index (χ3v) is 6.47. The van der Waals surface area contributed by atoms with Gasteiger partial charge in [-0.1, -0.05) is 109 Å². The largest absolute Gasteiger partial charge is 0.456 e. The first-order valence-corrected chi connectivity index (χ1v) is 12.3. The van der Waals surface area contributed by atoms with Crippen molar-refractivity contribution in [2.75, 3.05) is 0 Å². The number of fused-ring (bicyclic) bond motifs is 3. The normalized spacial score (nSPS) is 13.1. The molecule has 180 valence electrons. The molecule has 7 rings (SSSR count). The predicted octanol–water partition coefficient (Wildman–Crippen LogP) is 8.36. The van der Waals surface area contributed by atoms with E-state index in [1.54, 1.807) is 0 Å². The highest BCUT2D eigenvalue weighted by molar-refractivity contribution is 6.08. The molecule has 0 saturated carbocycles. The highest BCUT2D eigenvalue weighted by Crippen LogP contribution is 2.35. The second kappa shape index (κ2) is 9.41. The molecule has 0 bridgehead atoms. The van der Waals surface area contributed by atoms with Crippen molar-refractivity contribution in [2.45, 2.75) is 6.42 Å². The van der Waals surface area contributed by atoms with Gasteiger partial charge in [0.2, 0.25) is 0 Å². The Bertz CT molecular complexity index is 2140. The fourth-order valence-corrected chi connectivity index (χ4v) is 4.72. The molecule has 2 heterocycles. The minimum Gasteiger partial charge on any atom is -0.456 e. The SMILES string of the molecule is [2H]c1c([2H])c([2H])c(-c2nc(Cc3cccc4oc5ccc(-c6ccccc6)cc5c34)nc(-c3ccccc3)n2)c([2H])c1[2H]. The van der Waals surface area contributed by atoms with Crippen molar-refractivity contribution in [3.8, 4) is 33.9 Å². The lowest BCUT2D eigenvalue weighted by molar-refractivity contribution is 0.668. The van der Waals surface area contributed by atoms with Crippen LogP contribution in [0.25, 0.3) is 55.8 Å². The Hall–Kier alpha value is -5.09. The number of aromatic nitrogens is 3. The number of hydrogen-bond acceptors (Lipinski definition) is 4. The summed E-state index contributed by atoms with van der Waals surface area (Å²) in [6, 6.07) is 29.4. The molecular weight excluding hydrogens is 466 g/mol. The summed E-state index contributed by atoms with van der Waals surface area (Å²) in [5.74, 6) is 0.774. The van der Waals surface area contributed by atoms with Gasteiger partial charge in [0, 0.05) is 28.3 Å². The molecule has 0 aliphatic carbocycles. The third-order valence-electron chi connectivity index (χ3n) is 6.47. The molecule has 0 spiro atoms. The van der Waals surface area contributed by atoms with E-state index in [-0.39, 0.29) is 23.5 Å². The van der Waals surface area contributed by atoms with E-state index >= 15 is 0 Å². The maximum atomic E-state index is 8.52. The quantitative estimate of drug-likeness (QED) is 0.241. The molecule has 0 atom stereocenters. The minimum absolute atomic E-state index is 0.0245. The number of rotatable bonds is 5. The van der Waals surface area contributed by atoms with Crippen molar-refractivity contribution in [1.29, 1.82) is 0 Å². The van der Waals surface area contributed by atoms with Gasteiger partial charge in [-0.15, -0.1) is 0 Å². The number of furan rings is 1. The van der Waals surface area contributed by atoms with Crippen molar-refractivity contribution in [1.82, 2.24) is 15.0 Å². The lowest BCUT2D eigenvalue weighted by Crippen LogP contribution is -2.04. The maximum Gasteiger partial charge on any atom is 0.163 e. The monoisotopic (exact) mass is 494 g/mol. The Labute approximate surface area is 227 Å². The molecule has 0 radical (unpaired) electrons. The smallest absolute Gasteiger partial charge is 0.163 e. The van der Waals surface area contributed by atoms with Gasteiger partial charge >= 0.3 is 0 Å². The number of hydrogen-bond donors (Lipinski definition) is 0. The molecule has 0 amide bonds. The molecule has 0 aliphatic rings.